The van der Waals surface area contributed by atoms with Gasteiger partial charge in [0, 0.05) is 37.0 Å². The van der Waals surface area contributed by atoms with E-state index < -0.39 is 0 Å². The van der Waals surface area contributed by atoms with Crippen LogP contribution in [0, 0.1) is 5.41 Å². The molecule has 1 spiro atoms. The molecule has 6 heteroatoms. The van der Waals surface area contributed by atoms with E-state index >= 15 is 0 Å². The van der Waals surface area contributed by atoms with Gasteiger partial charge in [0.2, 0.25) is 17.6 Å². The summed E-state index contributed by atoms with van der Waals surface area (Å²) in [6.45, 7) is 2.59. The Labute approximate surface area is 176 Å². The summed E-state index contributed by atoms with van der Waals surface area (Å²) in [5.74, 6) is 1.55. The highest BCUT2D eigenvalue weighted by Crippen LogP contribution is 2.47. The smallest absolute Gasteiger partial charge is 0.244 e. The SMILES string of the molecule is CN1CC2(CC1c1nc(-c3ccccc3)no1)CN(C(=O)CCc1ccccc1)C2. The molecule has 3 heterocycles. The van der Waals surface area contributed by atoms with Crippen LogP contribution in [-0.2, 0) is 11.2 Å². The number of hydrogen-bond acceptors (Lipinski definition) is 5. The molecule has 30 heavy (non-hydrogen) atoms. The number of carbonyl (C=O) groups excluding carboxylic acids is 1. The third-order valence-electron chi connectivity index (χ3n) is 6.38. The van der Waals surface area contributed by atoms with E-state index in [0.29, 0.717) is 18.1 Å². The average Bonchev–Trinajstić information content (AvgIpc) is 3.37. The lowest BCUT2D eigenvalue weighted by molar-refractivity contribution is -0.142. The van der Waals surface area contributed by atoms with E-state index in [4.69, 9.17) is 4.52 Å². The van der Waals surface area contributed by atoms with Crippen LogP contribution in [0.4, 0.5) is 0 Å². The molecule has 154 valence electrons. The van der Waals surface area contributed by atoms with Crippen LogP contribution in [0.1, 0.15) is 30.3 Å². The van der Waals surface area contributed by atoms with Crippen LogP contribution in [0.15, 0.2) is 65.2 Å². The van der Waals surface area contributed by atoms with Crippen molar-refractivity contribution in [1.82, 2.24) is 19.9 Å². The molecule has 0 bridgehead atoms. The number of hydrogen-bond donors (Lipinski definition) is 0. The molecule has 2 aliphatic rings. The summed E-state index contributed by atoms with van der Waals surface area (Å²) in [4.78, 5) is 21.5. The molecule has 1 unspecified atom stereocenters. The van der Waals surface area contributed by atoms with E-state index in [1.807, 2.05) is 53.4 Å². The van der Waals surface area contributed by atoms with Gasteiger partial charge in [0.25, 0.3) is 0 Å². The maximum absolute atomic E-state index is 12.6. The summed E-state index contributed by atoms with van der Waals surface area (Å²) in [7, 11) is 2.10. The highest BCUT2D eigenvalue weighted by atomic mass is 16.5. The molecule has 1 aromatic heterocycles. The molecule has 6 nitrogen and oxygen atoms in total. The number of amides is 1. The molecular weight excluding hydrogens is 376 g/mol. The Bertz CT molecular complexity index is 1010. The highest BCUT2D eigenvalue weighted by Gasteiger charge is 2.53. The average molecular weight is 402 g/mol. The molecule has 1 amide bonds. The van der Waals surface area contributed by atoms with Gasteiger partial charge in [0.15, 0.2) is 0 Å². The van der Waals surface area contributed by atoms with Crippen LogP contribution >= 0.6 is 0 Å². The summed E-state index contributed by atoms with van der Waals surface area (Å²) >= 11 is 0. The maximum atomic E-state index is 12.6. The van der Waals surface area contributed by atoms with E-state index in [1.165, 1.54) is 5.56 Å². The standard InChI is InChI=1S/C24H26N4O2/c1-27-15-24(16-28(17-24)21(29)13-12-18-8-4-2-5-9-18)14-20(27)23-25-22(26-30-23)19-10-6-3-7-11-19/h2-11,20H,12-17H2,1H3. The molecule has 5 rings (SSSR count). The number of nitrogens with zero attached hydrogens (tertiary/aromatic N) is 4. The molecule has 3 aromatic rings. The van der Waals surface area contributed by atoms with Gasteiger partial charge >= 0.3 is 0 Å². The molecule has 0 radical (unpaired) electrons. The van der Waals surface area contributed by atoms with Crippen molar-refractivity contribution in [3.8, 4) is 11.4 Å². The number of likely N-dealkylation sites (tertiary alicyclic amines) is 2. The fourth-order valence-electron chi connectivity index (χ4n) is 4.84. The van der Waals surface area contributed by atoms with Crippen molar-refractivity contribution < 1.29 is 9.32 Å². The van der Waals surface area contributed by atoms with Gasteiger partial charge in [-0.2, -0.15) is 4.98 Å². The fourth-order valence-corrected chi connectivity index (χ4v) is 4.84. The first-order valence-corrected chi connectivity index (χ1v) is 10.5. The predicted molar refractivity (Wildman–Crippen MR) is 113 cm³/mol. The van der Waals surface area contributed by atoms with Gasteiger partial charge in [-0.15, -0.1) is 0 Å². The van der Waals surface area contributed by atoms with Crippen molar-refractivity contribution in [2.24, 2.45) is 5.41 Å². The second kappa shape index (κ2) is 7.69. The van der Waals surface area contributed by atoms with E-state index in [1.54, 1.807) is 0 Å². The zero-order valence-corrected chi connectivity index (χ0v) is 17.2. The predicted octanol–water partition coefficient (Wildman–Crippen LogP) is 3.57. The normalized spacial score (nSPS) is 20.4. The third kappa shape index (κ3) is 3.63. The number of carbonyl (C=O) groups is 1. The van der Waals surface area contributed by atoms with Crippen LogP contribution in [0.25, 0.3) is 11.4 Å². The minimum atomic E-state index is 0.108. The topological polar surface area (TPSA) is 62.5 Å². The van der Waals surface area contributed by atoms with E-state index in [-0.39, 0.29) is 17.4 Å². The van der Waals surface area contributed by atoms with Crippen LogP contribution < -0.4 is 0 Å². The van der Waals surface area contributed by atoms with E-state index in [0.717, 1.165) is 38.0 Å². The number of aryl methyl sites for hydroxylation is 1. The molecule has 2 fully saturated rings. The van der Waals surface area contributed by atoms with Crippen molar-refractivity contribution in [1.29, 1.82) is 0 Å². The van der Waals surface area contributed by atoms with Gasteiger partial charge in [0.1, 0.15) is 0 Å². The second-order valence-electron chi connectivity index (χ2n) is 8.69. The molecule has 2 saturated heterocycles. The minimum absolute atomic E-state index is 0.108. The molecule has 0 aliphatic carbocycles. The number of rotatable bonds is 5. The summed E-state index contributed by atoms with van der Waals surface area (Å²) in [5, 5.41) is 4.18. The van der Waals surface area contributed by atoms with Gasteiger partial charge in [-0.25, -0.2) is 0 Å². The molecule has 0 N–H and O–H groups in total. The second-order valence-corrected chi connectivity index (χ2v) is 8.69. The third-order valence-corrected chi connectivity index (χ3v) is 6.38. The Morgan fingerprint density at radius 1 is 1.07 bits per heavy atom. The zero-order valence-electron chi connectivity index (χ0n) is 17.2. The summed E-state index contributed by atoms with van der Waals surface area (Å²) in [6.07, 6.45) is 2.32. The zero-order chi connectivity index (χ0) is 20.6. The van der Waals surface area contributed by atoms with Crippen molar-refractivity contribution in [3.05, 3.63) is 72.1 Å². The molecule has 2 aromatic carbocycles. The Hall–Kier alpha value is -2.99. The van der Waals surface area contributed by atoms with E-state index in [2.05, 4.69) is 34.2 Å². The van der Waals surface area contributed by atoms with E-state index in [9.17, 15) is 4.79 Å². The minimum Gasteiger partial charge on any atom is -0.341 e. The Balaban J connectivity index is 1.19. The molecule has 0 saturated carbocycles. The lowest BCUT2D eigenvalue weighted by Gasteiger charge is -2.48. The molecule has 1 atom stereocenters. The van der Waals surface area contributed by atoms with Crippen LogP contribution in [0.3, 0.4) is 0 Å². The summed E-state index contributed by atoms with van der Waals surface area (Å²) in [5.41, 5.74) is 2.32. The van der Waals surface area contributed by atoms with Crippen molar-refractivity contribution in [2.75, 3.05) is 26.7 Å². The number of benzene rings is 2. The lowest BCUT2D eigenvalue weighted by Crippen LogP contribution is -2.59. The summed E-state index contributed by atoms with van der Waals surface area (Å²) < 4.78 is 5.61. The Morgan fingerprint density at radius 2 is 1.77 bits per heavy atom. The molecular formula is C24H26N4O2. The first-order chi connectivity index (χ1) is 14.6. The molecule has 2 aliphatic heterocycles. The maximum Gasteiger partial charge on any atom is 0.244 e. The lowest BCUT2D eigenvalue weighted by atomic mass is 9.77. The Kier molecular flexibility index (Phi) is 4.87. The van der Waals surface area contributed by atoms with Crippen molar-refractivity contribution in [3.63, 3.8) is 0 Å². The van der Waals surface area contributed by atoms with Gasteiger partial charge in [-0.3, -0.25) is 9.69 Å². The van der Waals surface area contributed by atoms with Gasteiger partial charge in [-0.1, -0.05) is 65.8 Å². The van der Waals surface area contributed by atoms with Gasteiger partial charge < -0.3 is 9.42 Å². The van der Waals surface area contributed by atoms with Crippen LogP contribution in [-0.4, -0.2) is 52.5 Å². The van der Waals surface area contributed by atoms with Crippen molar-refractivity contribution in [2.45, 2.75) is 25.3 Å². The van der Waals surface area contributed by atoms with Gasteiger partial charge in [-0.05, 0) is 25.5 Å². The fraction of sp³-hybridized carbons (Fsp3) is 0.375. The quantitative estimate of drug-likeness (QED) is 0.653. The first-order valence-electron chi connectivity index (χ1n) is 10.5. The van der Waals surface area contributed by atoms with Crippen LogP contribution in [0.2, 0.25) is 0 Å². The largest absolute Gasteiger partial charge is 0.341 e. The monoisotopic (exact) mass is 402 g/mol. The van der Waals surface area contributed by atoms with Crippen LogP contribution in [0.5, 0.6) is 0 Å². The number of aromatic nitrogens is 2. The highest BCUT2D eigenvalue weighted by molar-refractivity contribution is 5.77. The Morgan fingerprint density at radius 3 is 2.50 bits per heavy atom. The van der Waals surface area contributed by atoms with Gasteiger partial charge in [0.05, 0.1) is 6.04 Å². The van der Waals surface area contributed by atoms with Crippen molar-refractivity contribution >= 4 is 5.91 Å². The summed E-state index contributed by atoms with van der Waals surface area (Å²) in [6, 6.07) is 20.2. The first kappa shape index (κ1) is 19.0.